The van der Waals surface area contributed by atoms with Crippen LogP contribution in [0.15, 0.2) is 0 Å². The van der Waals surface area contributed by atoms with Gasteiger partial charge in [0.1, 0.15) is 6.10 Å². The first-order valence-corrected chi connectivity index (χ1v) is 6.98. The lowest BCUT2D eigenvalue weighted by Crippen LogP contribution is -2.47. The maximum absolute atomic E-state index is 11.7. The van der Waals surface area contributed by atoms with Crippen molar-refractivity contribution in [2.45, 2.75) is 44.9 Å². The highest BCUT2D eigenvalue weighted by molar-refractivity contribution is 5.81. The summed E-state index contributed by atoms with van der Waals surface area (Å²) >= 11 is 0. The topological polar surface area (TPSA) is 61.8 Å². The Hall–Kier alpha value is -0.650. The third-order valence-electron chi connectivity index (χ3n) is 3.89. The van der Waals surface area contributed by atoms with Crippen molar-refractivity contribution in [3.8, 4) is 0 Å². The number of nitrogens with one attached hydrogen (secondary N) is 1. The second-order valence-corrected chi connectivity index (χ2v) is 5.24. The van der Waals surface area contributed by atoms with Crippen LogP contribution in [-0.4, -0.2) is 60.4 Å². The molecule has 0 unspecified atom stereocenters. The average molecular weight is 256 g/mol. The maximum atomic E-state index is 11.7. The van der Waals surface area contributed by atoms with Crippen molar-refractivity contribution in [2.24, 2.45) is 5.92 Å². The van der Waals surface area contributed by atoms with Gasteiger partial charge < -0.3 is 20.1 Å². The molecule has 1 aliphatic heterocycles. The number of likely N-dealkylation sites (N-methyl/N-ethyl adjacent to an activating group) is 1. The van der Waals surface area contributed by atoms with Crippen molar-refractivity contribution >= 4 is 5.91 Å². The lowest BCUT2D eigenvalue weighted by atomic mass is 10.1. The fourth-order valence-electron chi connectivity index (χ4n) is 2.35. The molecule has 1 amide bonds. The molecule has 0 spiro atoms. The monoisotopic (exact) mass is 256 g/mol. The standard InChI is InChI=1S/C13H24N2O3/c1-3-15(4-2)7-11-12(16)10(8-18-11)14-13(17)9-5-6-9/h9-12,16H,3-8H2,1-2H3,(H,14,17)/t10-,11-,12+/m0/s1. The number of hydrogen-bond donors (Lipinski definition) is 2. The molecule has 2 fully saturated rings. The minimum Gasteiger partial charge on any atom is -0.388 e. The van der Waals surface area contributed by atoms with Crippen molar-refractivity contribution in [3.63, 3.8) is 0 Å². The number of aliphatic hydroxyl groups excluding tert-OH is 1. The van der Waals surface area contributed by atoms with Crippen LogP contribution in [0, 0.1) is 5.92 Å². The van der Waals surface area contributed by atoms with Crippen molar-refractivity contribution in [1.29, 1.82) is 0 Å². The van der Waals surface area contributed by atoms with Crippen molar-refractivity contribution in [3.05, 3.63) is 0 Å². The molecule has 18 heavy (non-hydrogen) atoms. The van der Waals surface area contributed by atoms with E-state index in [9.17, 15) is 9.90 Å². The number of hydrogen-bond acceptors (Lipinski definition) is 4. The van der Waals surface area contributed by atoms with E-state index >= 15 is 0 Å². The van der Waals surface area contributed by atoms with Crippen molar-refractivity contribution in [2.75, 3.05) is 26.2 Å². The number of nitrogens with zero attached hydrogens (tertiary/aromatic N) is 1. The predicted molar refractivity (Wildman–Crippen MR) is 68.2 cm³/mol. The van der Waals surface area contributed by atoms with Crippen LogP contribution in [0.5, 0.6) is 0 Å². The van der Waals surface area contributed by atoms with E-state index in [1.807, 2.05) is 0 Å². The van der Waals surface area contributed by atoms with Crippen LogP contribution in [0.3, 0.4) is 0 Å². The van der Waals surface area contributed by atoms with Gasteiger partial charge in [-0.3, -0.25) is 4.79 Å². The van der Waals surface area contributed by atoms with Crippen LogP contribution in [0.25, 0.3) is 0 Å². The molecule has 2 rings (SSSR count). The van der Waals surface area contributed by atoms with E-state index in [1.165, 1.54) is 0 Å². The number of rotatable bonds is 6. The number of amides is 1. The highest BCUT2D eigenvalue weighted by Gasteiger charge is 2.39. The molecule has 0 aromatic carbocycles. The molecular weight excluding hydrogens is 232 g/mol. The number of carbonyl (C=O) groups excluding carboxylic acids is 1. The molecule has 2 N–H and O–H groups in total. The molecule has 1 saturated heterocycles. The van der Waals surface area contributed by atoms with E-state index in [2.05, 4.69) is 24.1 Å². The van der Waals surface area contributed by atoms with Crippen LogP contribution in [-0.2, 0) is 9.53 Å². The Labute approximate surface area is 108 Å². The highest BCUT2D eigenvalue weighted by Crippen LogP contribution is 2.29. The SMILES string of the molecule is CCN(CC)C[C@@H]1OC[C@H](NC(=O)C2CC2)[C@H]1O. The Balaban J connectivity index is 1.80. The smallest absolute Gasteiger partial charge is 0.223 e. The normalized spacial score (nSPS) is 31.9. The molecule has 5 nitrogen and oxygen atoms in total. The lowest BCUT2D eigenvalue weighted by Gasteiger charge is -2.24. The number of carbonyl (C=O) groups is 1. The van der Waals surface area contributed by atoms with Crippen LogP contribution in [0.2, 0.25) is 0 Å². The predicted octanol–water partition coefficient (Wildman–Crippen LogP) is -0.0173. The summed E-state index contributed by atoms with van der Waals surface area (Å²) in [5.74, 6) is 0.255. The first kappa shape index (κ1) is 13.8. The first-order valence-electron chi connectivity index (χ1n) is 6.98. The summed E-state index contributed by atoms with van der Waals surface area (Å²) in [6, 6.07) is -0.237. The maximum Gasteiger partial charge on any atom is 0.223 e. The fraction of sp³-hybridized carbons (Fsp3) is 0.923. The minimum absolute atomic E-state index is 0.0751. The largest absolute Gasteiger partial charge is 0.388 e. The van der Waals surface area contributed by atoms with Crippen LogP contribution in [0.4, 0.5) is 0 Å². The van der Waals surface area contributed by atoms with Crippen LogP contribution in [0.1, 0.15) is 26.7 Å². The quantitative estimate of drug-likeness (QED) is 0.701. The number of aliphatic hydroxyl groups is 1. The van der Waals surface area contributed by atoms with Crippen molar-refractivity contribution < 1.29 is 14.6 Å². The molecule has 5 heteroatoms. The zero-order valence-electron chi connectivity index (χ0n) is 11.3. The molecule has 1 aliphatic carbocycles. The second-order valence-electron chi connectivity index (χ2n) is 5.24. The third kappa shape index (κ3) is 3.22. The zero-order chi connectivity index (χ0) is 13.1. The molecule has 104 valence electrons. The molecule has 1 saturated carbocycles. The Kier molecular flexibility index (Phi) is 4.59. The summed E-state index contributed by atoms with van der Waals surface area (Å²) in [6.45, 7) is 7.23. The second kappa shape index (κ2) is 5.99. The van der Waals surface area contributed by atoms with Crippen LogP contribution < -0.4 is 5.32 Å². The van der Waals surface area contributed by atoms with Gasteiger partial charge in [0.05, 0.1) is 18.8 Å². The molecule has 2 aliphatic rings. The van der Waals surface area contributed by atoms with Crippen LogP contribution >= 0.6 is 0 Å². The van der Waals surface area contributed by atoms with E-state index in [0.717, 1.165) is 32.5 Å². The average Bonchev–Trinajstić information content (AvgIpc) is 3.16. The van der Waals surface area contributed by atoms with E-state index in [1.54, 1.807) is 0 Å². The molecule has 0 aromatic rings. The van der Waals surface area contributed by atoms with Gasteiger partial charge in [-0.1, -0.05) is 13.8 Å². The lowest BCUT2D eigenvalue weighted by molar-refractivity contribution is -0.123. The summed E-state index contributed by atoms with van der Waals surface area (Å²) in [5, 5.41) is 13.1. The Morgan fingerprint density at radius 2 is 2.06 bits per heavy atom. The summed E-state index contributed by atoms with van der Waals surface area (Å²) in [7, 11) is 0. The van der Waals surface area contributed by atoms with Gasteiger partial charge in [-0.05, 0) is 25.9 Å². The zero-order valence-corrected chi connectivity index (χ0v) is 11.3. The van der Waals surface area contributed by atoms with Gasteiger partial charge in [-0.2, -0.15) is 0 Å². The Bertz CT molecular complexity index is 290. The van der Waals surface area contributed by atoms with Gasteiger partial charge in [-0.15, -0.1) is 0 Å². The van der Waals surface area contributed by atoms with E-state index < -0.39 is 6.10 Å². The molecule has 3 atom stereocenters. The molecule has 0 aromatic heterocycles. The molecular formula is C13H24N2O3. The third-order valence-corrected chi connectivity index (χ3v) is 3.89. The van der Waals surface area contributed by atoms with E-state index in [4.69, 9.17) is 4.74 Å². The fourth-order valence-corrected chi connectivity index (χ4v) is 2.35. The summed E-state index contributed by atoms with van der Waals surface area (Å²) < 4.78 is 5.61. The van der Waals surface area contributed by atoms with Gasteiger partial charge in [0.2, 0.25) is 5.91 Å². The molecule has 1 heterocycles. The van der Waals surface area contributed by atoms with Crippen molar-refractivity contribution in [1.82, 2.24) is 10.2 Å². The van der Waals surface area contributed by atoms with Gasteiger partial charge in [0.25, 0.3) is 0 Å². The molecule has 0 radical (unpaired) electrons. The highest BCUT2D eigenvalue weighted by atomic mass is 16.5. The Morgan fingerprint density at radius 1 is 1.39 bits per heavy atom. The summed E-state index contributed by atoms with van der Waals surface area (Å²) in [4.78, 5) is 13.9. The van der Waals surface area contributed by atoms with Gasteiger partial charge >= 0.3 is 0 Å². The first-order chi connectivity index (χ1) is 8.65. The van der Waals surface area contributed by atoms with E-state index in [-0.39, 0.29) is 24.0 Å². The minimum atomic E-state index is -0.590. The number of ether oxygens (including phenoxy) is 1. The summed E-state index contributed by atoms with van der Waals surface area (Å²) in [5.41, 5.74) is 0. The summed E-state index contributed by atoms with van der Waals surface area (Å²) in [6.07, 6.45) is 1.19. The van der Waals surface area contributed by atoms with E-state index in [0.29, 0.717) is 6.61 Å². The van der Waals surface area contributed by atoms with Gasteiger partial charge in [0, 0.05) is 12.5 Å². The molecule has 0 bridgehead atoms. The van der Waals surface area contributed by atoms with Gasteiger partial charge in [0.15, 0.2) is 0 Å². The Morgan fingerprint density at radius 3 is 2.61 bits per heavy atom. The van der Waals surface area contributed by atoms with Gasteiger partial charge in [-0.25, -0.2) is 0 Å².